The standard InChI is InChI=1S/C33H26Br2N2O8S2/c1-2-21(15-32-36(19-46-44-42-38)28-17-24(7-13-30(28)40-32)22-3-9-26(34)10-4-22)16-33-37(20-47-45-43-39)29-18-25(8-14-31(29)41-33)23-5-11-27(35)12-6-23/h3-18H,2,19-20H2,1H3,(H-,38,39)/p+1. The van der Waals surface area contributed by atoms with Gasteiger partial charge in [-0.15, -0.1) is 13.2 Å². The molecule has 2 heterocycles. The molecule has 1 aliphatic rings. The summed E-state index contributed by atoms with van der Waals surface area (Å²) >= 11 is 8.81. The number of halogens is 2. The fourth-order valence-electron chi connectivity index (χ4n) is 5.08. The Morgan fingerprint density at radius 3 is 2.11 bits per heavy atom. The Bertz CT molecular complexity index is 1920. The van der Waals surface area contributed by atoms with Gasteiger partial charge in [0.05, 0.1) is 23.8 Å². The Labute approximate surface area is 295 Å². The fourth-order valence-corrected chi connectivity index (χ4v) is 6.53. The van der Waals surface area contributed by atoms with Crippen molar-refractivity contribution in [1.82, 2.24) is 0 Å². The molecule has 6 rings (SSSR count). The van der Waals surface area contributed by atoms with Crippen LogP contribution in [0.15, 0.2) is 116 Å². The molecule has 5 aromatic rings. The highest BCUT2D eigenvalue weighted by atomic mass is 79.9. The highest BCUT2D eigenvalue weighted by molar-refractivity contribution is 9.10. The van der Waals surface area contributed by atoms with E-state index in [2.05, 4.69) is 41.9 Å². The SMILES string of the molecule is CCC(/C=C1\Oc2ccc(-c3ccc(Br)cc3)cc2N1CSOOO)=C\c1oc2ccc(-c3ccc(Br)cc3)cc2[n+]1CSOOO. The Morgan fingerprint density at radius 2 is 1.45 bits per heavy atom. The number of oxazole rings is 1. The van der Waals surface area contributed by atoms with E-state index in [1.165, 1.54) is 0 Å². The Morgan fingerprint density at radius 1 is 0.830 bits per heavy atom. The summed E-state index contributed by atoms with van der Waals surface area (Å²) in [6.45, 7) is 2.04. The second-order valence-electron chi connectivity index (χ2n) is 10.1. The van der Waals surface area contributed by atoms with Crippen LogP contribution in [0.3, 0.4) is 0 Å². The molecule has 0 saturated heterocycles. The summed E-state index contributed by atoms with van der Waals surface area (Å²) in [5.41, 5.74) is 7.37. The third-order valence-corrected chi connectivity index (χ3v) is 9.46. The molecule has 0 amide bonds. The first kappa shape index (κ1) is 33.7. The first-order valence-corrected chi connectivity index (χ1v) is 17.6. The van der Waals surface area contributed by atoms with E-state index in [1.54, 1.807) is 0 Å². The van der Waals surface area contributed by atoms with E-state index >= 15 is 0 Å². The van der Waals surface area contributed by atoms with Crippen molar-refractivity contribution in [3.8, 4) is 28.0 Å². The lowest BCUT2D eigenvalue weighted by Crippen LogP contribution is -2.34. The number of benzene rings is 4. The van der Waals surface area contributed by atoms with Crippen molar-refractivity contribution in [2.75, 3.05) is 10.8 Å². The van der Waals surface area contributed by atoms with Crippen LogP contribution in [0.5, 0.6) is 5.75 Å². The number of fused-ring (bicyclic) bond motifs is 2. The number of ether oxygens (including phenoxy) is 1. The topological polar surface area (TPSA) is 107 Å². The van der Waals surface area contributed by atoms with Crippen molar-refractivity contribution in [3.05, 3.63) is 117 Å². The third kappa shape index (κ3) is 7.95. The maximum absolute atomic E-state index is 8.75. The Kier molecular flexibility index (Phi) is 11.4. The lowest BCUT2D eigenvalue weighted by Gasteiger charge is -2.17. The second kappa shape index (κ2) is 15.8. The van der Waals surface area contributed by atoms with Gasteiger partial charge in [0.1, 0.15) is 17.9 Å². The lowest BCUT2D eigenvalue weighted by atomic mass is 10.0. The molecule has 0 saturated carbocycles. The lowest BCUT2D eigenvalue weighted by molar-refractivity contribution is -0.658. The number of hydrogen-bond acceptors (Lipinski definition) is 11. The average molecular weight is 804 g/mol. The van der Waals surface area contributed by atoms with Gasteiger partial charge in [0.25, 0.3) is 5.52 Å². The normalized spacial score (nSPS) is 13.9. The molecule has 47 heavy (non-hydrogen) atoms. The van der Waals surface area contributed by atoms with Gasteiger partial charge in [0, 0.05) is 21.1 Å². The summed E-state index contributed by atoms with van der Waals surface area (Å²) in [7, 11) is 0. The predicted octanol–water partition coefficient (Wildman–Crippen LogP) is 10.2. The van der Waals surface area contributed by atoms with E-state index in [0.29, 0.717) is 29.5 Å². The van der Waals surface area contributed by atoms with Crippen LogP contribution in [0.25, 0.3) is 39.4 Å². The van der Waals surface area contributed by atoms with E-state index in [-0.39, 0.29) is 11.8 Å². The molecule has 1 aliphatic heterocycles. The van der Waals surface area contributed by atoms with Crippen molar-refractivity contribution in [2.45, 2.75) is 19.2 Å². The molecule has 0 fully saturated rings. The van der Waals surface area contributed by atoms with Crippen LogP contribution in [0.2, 0.25) is 0 Å². The van der Waals surface area contributed by atoms with Crippen LogP contribution in [0, 0.1) is 0 Å². The average Bonchev–Trinajstić information content (AvgIpc) is 3.61. The minimum atomic E-state index is 0.263. The van der Waals surface area contributed by atoms with Crippen LogP contribution >= 0.6 is 55.9 Å². The highest BCUT2D eigenvalue weighted by Crippen LogP contribution is 2.43. The highest BCUT2D eigenvalue weighted by Gasteiger charge is 2.28. The predicted molar refractivity (Wildman–Crippen MR) is 188 cm³/mol. The van der Waals surface area contributed by atoms with Crippen molar-refractivity contribution < 1.29 is 43.0 Å². The van der Waals surface area contributed by atoms with Crippen molar-refractivity contribution in [1.29, 1.82) is 0 Å². The van der Waals surface area contributed by atoms with Gasteiger partial charge in [0.2, 0.25) is 17.3 Å². The molecule has 4 aromatic carbocycles. The smallest absolute Gasteiger partial charge is 0.375 e. The molecular weight excluding hydrogens is 776 g/mol. The van der Waals surface area contributed by atoms with Gasteiger partial charge in [-0.3, -0.25) is 4.90 Å². The van der Waals surface area contributed by atoms with Crippen LogP contribution in [-0.4, -0.2) is 16.4 Å². The molecule has 0 bridgehead atoms. The summed E-state index contributed by atoms with van der Waals surface area (Å²) in [5, 5.41) is 25.2. The summed E-state index contributed by atoms with van der Waals surface area (Å²) < 4.78 is 26.0. The first-order valence-electron chi connectivity index (χ1n) is 14.2. The number of aromatic nitrogens is 1. The Hall–Kier alpha value is -3.15. The molecule has 0 atom stereocenters. The van der Waals surface area contributed by atoms with Gasteiger partial charge in [0.15, 0.2) is 5.75 Å². The fraction of sp³-hybridized carbons (Fsp3) is 0.121. The molecular formula is C33H27Br2N2O8S2+. The van der Waals surface area contributed by atoms with E-state index in [0.717, 1.165) is 72.1 Å². The summed E-state index contributed by atoms with van der Waals surface area (Å²) in [6, 6.07) is 28.1. The molecule has 0 radical (unpaired) electrons. The van der Waals surface area contributed by atoms with Gasteiger partial charge in [-0.2, -0.15) is 0 Å². The minimum Gasteiger partial charge on any atom is -0.439 e. The van der Waals surface area contributed by atoms with Crippen LogP contribution in [0.4, 0.5) is 5.69 Å². The maximum atomic E-state index is 8.75. The Balaban J connectivity index is 1.37. The molecule has 14 heteroatoms. The zero-order valence-corrected chi connectivity index (χ0v) is 29.5. The number of nitrogens with zero attached hydrogens (tertiary/aromatic N) is 2. The first-order chi connectivity index (χ1) is 23.0. The third-order valence-electron chi connectivity index (χ3n) is 7.36. The van der Waals surface area contributed by atoms with Gasteiger partial charge in [-0.25, -0.2) is 10.5 Å². The van der Waals surface area contributed by atoms with Crippen LogP contribution < -0.4 is 14.2 Å². The van der Waals surface area contributed by atoms with E-state index in [4.69, 9.17) is 28.3 Å². The minimum absolute atomic E-state index is 0.263. The summed E-state index contributed by atoms with van der Waals surface area (Å²) in [6.07, 6.45) is 4.52. The number of anilines is 1. The van der Waals surface area contributed by atoms with E-state index < -0.39 is 0 Å². The molecule has 0 aliphatic carbocycles. The molecule has 0 spiro atoms. The molecule has 2 N–H and O–H groups in total. The van der Waals surface area contributed by atoms with Crippen molar-refractivity contribution in [3.63, 3.8) is 0 Å². The van der Waals surface area contributed by atoms with E-state index in [1.807, 2.05) is 113 Å². The van der Waals surface area contributed by atoms with Gasteiger partial charge in [-0.05, 0) is 76.7 Å². The van der Waals surface area contributed by atoms with E-state index in [9.17, 15) is 0 Å². The summed E-state index contributed by atoms with van der Waals surface area (Å²) in [5.74, 6) is 2.32. The summed E-state index contributed by atoms with van der Waals surface area (Å²) in [4.78, 5) is 1.93. The molecule has 242 valence electrons. The zero-order valence-electron chi connectivity index (χ0n) is 24.7. The molecule has 1 aromatic heterocycles. The zero-order chi connectivity index (χ0) is 32.8. The number of allylic oxidation sites excluding steroid dienone is 2. The molecule has 0 unspecified atom stereocenters. The van der Waals surface area contributed by atoms with Crippen molar-refractivity contribution in [2.24, 2.45) is 0 Å². The number of rotatable bonds is 13. The van der Waals surface area contributed by atoms with Crippen molar-refractivity contribution >= 4 is 78.8 Å². The number of hydrogen-bond donors (Lipinski definition) is 2. The van der Waals surface area contributed by atoms with Gasteiger partial charge in [-0.1, -0.05) is 85.3 Å². The quantitative estimate of drug-likeness (QED) is 0.0391. The second-order valence-corrected chi connectivity index (χ2v) is 13.2. The van der Waals surface area contributed by atoms with Gasteiger partial charge >= 0.3 is 5.89 Å². The van der Waals surface area contributed by atoms with Gasteiger partial charge < -0.3 is 9.15 Å². The monoisotopic (exact) mass is 801 g/mol. The van der Waals surface area contributed by atoms with Crippen LogP contribution in [0.1, 0.15) is 19.2 Å². The van der Waals surface area contributed by atoms with Crippen LogP contribution in [-0.2, 0) is 24.6 Å². The molecule has 10 nitrogen and oxygen atoms in total. The largest absolute Gasteiger partial charge is 0.439 e. The maximum Gasteiger partial charge on any atom is 0.375 e.